The number of piperidine rings is 1. The smallest absolute Gasteiger partial charge is 0.257 e. The van der Waals surface area contributed by atoms with Gasteiger partial charge in [0, 0.05) is 30.9 Å². The number of aryl methyl sites for hydroxylation is 1. The van der Waals surface area contributed by atoms with Gasteiger partial charge in [0.2, 0.25) is 0 Å². The van der Waals surface area contributed by atoms with Crippen LogP contribution in [0.2, 0.25) is 0 Å². The monoisotopic (exact) mass is 317 g/mol. The highest BCUT2D eigenvalue weighted by Crippen LogP contribution is 2.28. The molecular weight excluding hydrogens is 297 g/mol. The number of carbonyl (C=O) groups is 1. The summed E-state index contributed by atoms with van der Waals surface area (Å²) in [6.07, 6.45) is 3.68. The quantitative estimate of drug-likeness (QED) is 0.947. The minimum absolute atomic E-state index is 0.181. The van der Waals surface area contributed by atoms with Gasteiger partial charge < -0.3 is 14.6 Å². The average Bonchev–Trinajstić information content (AvgIpc) is 3.01. The van der Waals surface area contributed by atoms with Crippen molar-refractivity contribution < 1.29 is 13.9 Å². The third-order valence-electron chi connectivity index (χ3n) is 4.21. The van der Waals surface area contributed by atoms with Crippen molar-refractivity contribution in [2.24, 2.45) is 0 Å². The number of halogens is 1. The molecule has 1 aromatic heterocycles. The molecule has 1 atom stereocenters. The normalized spacial score (nSPS) is 18.0. The van der Waals surface area contributed by atoms with Gasteiger partial charge in [0.15, 0.2) is 0 Å². The Bertz CT molecular complexity index is 714. The summed E-state index contributed by atoms with van der Waals surface area (Å²) in [7, 11) is 1.48. The van der Waals surface area contributed by atoms with Crippen LogP contribution in [0.25, 0.3) is 0 Å². The topological polar surface area (TPSA) is 58.2 Å². The van der Waals surface area contributed by atoms with Crippen molar-refractivity contribution >= 4 is 5.91 Å². The molecule has 0 saturated carbocycles. The molecule has 1 aliphatic rings. The molecule has 0 unspecified atom stereocenters. The maximum atomic E-state index is 13.5. The fraction of sp³-hybridized carbons (Fsp3) is 0.412. The van der Waals surface area contributed by atoms with Crippen molar-refractivity contribution in [2.45, 2.75) is 25.7 Å². The number of imidazole rings is 1. The van der Waals surface area contributed by atoms with Gasteiger partial charge in [-0.15, -0.1) is 0 Å². The zero-order chi connectivity index (χ0) is 16.4. The van der Waals surface area contributed by atoms with Crippen LogP contribution < -0.4 is 4.74 Å². The summed E-state index contributed by atoms with van der Waals surface area (Å²) in [6.45, 7) is 3.19. The van der Waals surface area contributed by atoms with Crippen LogP contribution in [0, 0.1) is 12.7 Å². The second-order valence-electron chi connectivity index (χ2n) is 5.89. The number of amides is 1. The molecule has 3 rings (SSSR count). The lowest BCUT2D eigenvalue weighted by Crippen LogP contribution is -2.39. The lowest BCUT2D eigenvalue weighted by atomic mass is 9.96. The molecule has 5 nitrogen and oxygen atoms in total. The first-order chi connectivity index (χ1) is 11.1. The van der Waals surface area contributed by atoms with Gasteiger partial charge in [-0.05, 0) is 38.0 Å². The summed E-state index contributed by atoms with van der Waals surface area (Å²) >= 11 is 0. The van der Waals surface area contributed by atoms with Crippen molar-refractivity contribution in [3.05, 3.63) is 47.3 Å². The summed E-state index contributed by atoms with van der Waals surface area (Å²) in [5.41, 5.74) is 1.28. The number of benzene rings is 1. The number of hydrogen-bond donors (Lipinski definition) is 1. The van der Waals surface area contributed by atoms with Crippen molar-refractivity contribution in [3.8, 4) is 5.75 Å². The van der Waals surface area contributed by atoms with Gasteiger partial charge in [-0.3, -0.25) is 4.79 Å². The van der Waals surface area contributed by atoms with Gasteiger partial charge in [0.1, 0.15) is 17.4 Å². The molecule has 0 aliphatic carbocycles. The van der Waals surface area contributed by atoms with Crippen LogP contribution in [0.1, 0.15) is 40.6 Å². The first-order valence-electron chi connectivity index (χ1n) is 7.73. The standard InChI is InChI=1S/C17H20FN3O2/c1-11-9-19-16(20-11)12-4-3-7-21(10-12)17(22)14-8-13(18)5-6-15(14)23-2/h5-6,8-9,12H,3-4,7,10H2,1-2H3,(H,19,20)/t12-/m1/s1. The molecule has 1 saturated heterocycles. The van der Waals surface area contributed by atoms with E-state index >= 15 is 0 Å². The maximum Gasteiger partial charge on any atom is 0.257 e. The van der Waals surface area contributed by atoms with Gasteiger partial charge in [-0.2, -0.15) is 0 Å². The van der Waals surface area contributed by atoms with E-state index < -0.39 is 5.82 Å². The molecule has 2 heterocycles. The fourth-order valence-electron chi connectivity index (χ4n) is 3.04. The number of rotatable bonds is 3. The van der Waals surface area contributed by atoms with Crippen molar-refractivity contribution in [2.75, 3.05) is 20.2 Å². The predicted molar refractivity (Wildman–Crippen MR) is 84.2 cm³/mol. The molecule has 0 bridgehead atoms. The van der Waals surface area contributed by atoms with Crippen LogP contribution in [0.3, 0.4) is 0 Å². The van der Waals surface area contributed by atoms with E-state index in [1.54, 1.807) is 11.1 Å². The van der Waals surface area contributed by atoms with E-state index in [9.17, 15) is 9.18 Å². The zero-order valence-corrected chi connectivity index (χ0v) is 13.3. The molecule has 2 aromatic rings. The lowest BCUT2D eigenvalue weighted by Gasteiger charge is -2.32. The zero-order valence-electron chi connectivity index (χ0n) is 13.3. The molecule has 0 spiro atoms. The second-order valence-corrected chi connectivity index (χ2v) is 5.89. The molecule has 1 aliphatic heterocycles. The van der Waals surface area contributed by atoms with E-state index in [-0.39, 0.29) is 17.4 Å². The number of ether oxygens (including phenoxy) is 1. The highest BCUT2D eigenvalue weighted by Gasteiger charge is 2.28. The highest BCUT2D eigenvalue weighted by molar-refractivity contribution is 5.97. The van der Waals surface area contributed by atoms with E-state index in [1.807, 2.05) is 6.92 Å². The summed E-state index contributed by atoms with van der Waals surface area (Å²) in [5.74, 6) is 0.846. The number of hydrogen-bond acceptors (Lipinski definition) is 3. The number of aromatic nitrogens is 2. The van der Waals surface area contributed by atoms with Gasteiger partial charge in [0.05, 0.1) is 12.7 Å². The number of carbonyl (C=O) groups excluding carboxylic acids is 1. The van der Waals surface area contributed by atoms with Gasteiger partial charge in [-0.1, -0.05) is 0 Å². The van der Waals surface area contributed by atoms with E-state index in [0.29, 0.717) is 18.8 Å². The minimum atomic E-state index is -0.440. The van der Waals surface area contributed by atoms with Gasteiger partial charge in [0.25, 0.3) is 5.91 Å². The first kappa shape index (κ1) is 15.5. The maximum absolute atomic E-state index is 13.5. The lowest BCUT2D eigenvalue weighted by molar-refractivity contribution is 0.0701. The number of H-pyrrole nitrogens is 1. The summed E-state index contributed by atoms with van der Waals surface area (Å²) in [4.78, 5) is 22.1. The Morgan fingerprint density at radius 3 is 3.00 bits per heavy atom. The summed E-state index contributed by atoms with van der Waals surface area (Å²) in [6, 6.07) is 4.02. The number of nitrogens with one attached hydrogen (secondary N) is 1. The number of aromatic amines is 1. The van der Waals surface area contributed by atoms with Crippen molar-refractivity contribution in [3.63, 3.8) is 0 Å². The van der Waals surface area contributed by atoms with Crippen LogP contribution in [0.15, 0.2) is 24.4 Å². The Hall–Kier alpha value is -2.37. The van der Waals surface area contributed by atoms with E-state index in [2.05, 4.69) is 9.97 Å². The Morgan fingerprint density at radius 1 is 1.48 bits per heavy atom. The predicted octanol–water partition coefficient (Wildman–Crippen LogP) is 2.89. The van der Waals surface area contributed by atoms with Gasteiger partial charge >= 0.3 is 0 Å². The summed E-state index contributed by atoms with van der Waals surface area (Å²) < 4.78 is 18.7. The van der Waals surface area contributed by atoms with Crippen LogP contribution >= 0.6 is 0 Å². The number of methoxy groups -OCH3 is 1. The Morgan fingerprint density at radius 2 is 2.30 bits per heavy atom. The van der Waals surface area contributed by atoms with Crippen LogP contribution in [0.5, 0.6) is 5.75 Å². The fourth-order valence-corrected chi connectivity index (χ4v) is 3.04. The van der Waals surface area contributed by atoms with Crippen molar-refractivity contribution in [1.29, 1.82) is 0 Å². The number of nitrogens with zero attached hydrogens (tertiary/aromatic N) is 2. The van der Waals surface area contributed by atoms with E-state index in [4.69, 9.17) is 4.74 Å². The Balaban J connectivity index is 1.81. The van der Waals surface area contributed by atoms with Gasteiger partial charge in [-0.25, -0.2) is 9.37 Å². The van der Waals surface area contributed by atoms with Crippen LogP contribution in [-0.2, 0) is 0 Å². The molecule has 0 radical (unpaired) electrons. The average molecular weight is 317 g/mol. The molecular formula is C17H20FN3O2. The second kappa shape index (κ2) is 6.40. The molecule has 1 amide bonds. The number of likely N-dealkylation sites (tertiary alicyclic amines) is 1. The molecule has 6 heteroatoms. The SMILES string of the molecule is COc1ccc(F)cc1C(=O)N1CCC[C@@H](c2ncc(C)[nH]2)C1. The Labute approximate surface area is 134 Å². The molecule has 23 heavy (non-hydrogen) atoms. The largest absolute Gasteiger partial charge is 0.496 e. The highest BCUT2D eigenvalue weighted by atomic mass is 19.1. The molecule has 122 valence electrons. The molecule has 1 fully saturated rings. The molecule has 1 N–H and O–H groups in total. The minimum Gasteiger partial charge on any atom is -0.496 e. The van der Waals surface area contributed by atoms with E-state index in [0.717, 1.165) is 24.4 Å². The van der Waals surface area contributed by atoms with Crippen molar-refractivity contribution in [1.82, 2.24) is 14.9 Å². The van der Waals surface area contributed by atoms with Crippen LogP contribution in [-0.4, -0.2) is 41.0 Å². The summed E-state index contributed by atoms with van der Waals surface area (Å²) in [5, 5.41) is 0. The third-order valence-corrected chi connectivity index (χ3v) is 4.21. The van der Waals surface area contributed by atoms with Crippen LogP contribution in [0.4, 0.5) is 4.39 Å². The van der Waals surface area contributed by atoms with E-state index in [1.165, 1.54) is 25.3 Å². The first-order valence-corrected chi connectivity index (χ1v) is 7.73. The molecule has 1 aromatic carbocycles. The Kier molecular flexibility index (Phi) is 4.32. The third kappa shape index (κ3) is 3.21.